The molecular formula is C24H35N3O4S. The van der Waals surface area contributed by atoms with E-state index in [9.17, 15) is 18.0 Å². The molecule has 3 saturated heterocycles. The maximum absolute atomic E-state index is 12.8. The SMILES string of the molecule is O=C(CCc1ccc(S(=O)(=O)N2CCCCC2)cc1)N1CCC(C(=O)N2CCCC2)CC1. The highest BCUT2D eigenvalue weighted by atomic mass is 32.2. The van der Waals surface area contributed by atoms with Crippen LogP contribution in [0.5, 0.6) is 0 Å². The van der Waals surface area contributed by atoms with Crippen LogP contribution in [0.1, 0.15) is 56.9 Å². The van der Waals surface area contributed by atoms with Crippen molar-refractivity contribution < 1.29 is 18.0 Å². The second-order valence-corrected chi connectivity index (χ2v) is 11.2. The van der Waals surface area contributed by atoms with E-state index in [-0.39, 0.29) is 17.7 Å². The highest BCUT2D eigenvalue weighted by Crippen LogP contribution is 2.24. The van der Waals surface area contributed by atoms with Crippen molar-refractivity contribution in [2.24, 2.45) is 5.92 Å². The van der Waals surface area contributed by atoms with Crippen LogP contribution in [-0.4, -0.2) is 73.6 Å². The summed E-state index contributed by atoms with van der Waals surface area (Å²) in [7, 11) is -3.42. The molecule has 8 heteroatoms. The van der Waals surface area contributed by atoms with Crippen molar-refractivity contribution in [2.45, 2.75) is 62.7 Å². The first-order valence-electron chi connectivity index (χ1n) is 12.1. The van der Waals surface area contributed by atoms with Gasteiger partial charge in [-0.15, -0.1) is 0 Å². The van der Waals surface area contributed by atoms with Crippen molar-refractivity contribution in [2.75, 3.05) is 39.3 Å². The molecule has 0 aliphatic carbocycles. The molecule has 0 N–H and O–H groups in total. The molecule has 3 fully saturated rings. The normalized spacial score (nSPS) is 21.1. The Bertz CT molecular complexity index is 896. The average Bonchev–Trinajstić information content (AvgIpc) is 3.38. The van der Waals surface area contributed by atoms with Gasteiger partial charge in [-0.2, -0.15) is 4.31 Å². The first-order chi connectivity index (χ1) is 15.4. The third-order valence-electron chi connectivity index (χ3n) is 7.12. The molecule has 0 aromatic heterocycles. The lowest BCUT2D eigenvalue weighted by atomic mass is 9.95. The van der Waals surface area contributed by atoms with Crippen LogP contribution >= 0.6 is 0 Å². The standard InChI is InChI=1S/C24H35N3O4S/c28-23(25-18-12-21(13-19-25)24(29)26-14-4-5-15-26)11-8-20-6-9-22(10-7-20)32(30,31)27-16-2-1-3-17-27/h6-7,9-10,21H,1-5,8,11-19H2. The van der Waals surface area contributed by atoms with Crippen molar-refractivity contribution in [3.8, 4) is 0 Å². The van der Waals surface area contributed by atoms with Crippen molar-refractivity contribution in [3.05, 3.63) is 29.8 Å². The van der Waals surface area contributed by atoms with E-state index >= 15 is 0 Å². The lowest BCUT2D eigenvalue weighted by Crippen LogP contribution is -2.43. The third-order valence-corrected chi connectivity index (χ3v) is 9.03. The van der Waals surface area contributed by atoms with Gasteiger partial charge in [-0.25, -0.2) is 8.42 Å². The molecule has 0 atom stereocenters. The Morgan fingerprint density at radius 1 is 0.781 bits per heavy atom. The number of nitrogens with zero attached hydrogens (tertiary/aromatic N) is 3. The Morgan fingerprint density at radius 3 is 2.00 bits per heavy atom. The summed E-state index contributed by atoms with van der Waals surface area (Å²) in [6, 6.07) is 6.98. The molecule has 3 heterocycles. The number of hydrogen-bond donors (Lipinski definition) is 0. The van der Waals surface area contributed by atoms with Crippen LogP contribution in [0.3, 0.4) is 0 Å². The van der Waals surface area contributed by atoms with E-state index in [1.54, 1.807) is 16.4 Å². The number of carbonyl (C=O) groups is 2. The Hall–Kier alpha value is -1.93. The van der Waals surface area contributed by atoms with Crippen molar-refractivity contribution >= 4 is 21.8 Å². The average molecular weight is 462 g/mol. The summed E-state index contributed by atoms with van der Waals surface area (Å²) in [5.41, 5.74) is 0.968. The van der Waals surface area contributed by atoms with Gasteiger partial charge in [0.25, 0.3) is 0 Å². The molecule has 3 aliphatic rings. The maximum atomic E-state index is 12.8. The summed E-state index contributed by atoms with van der Waals surface area (Å²) in [5.74, 6) is 0.447. The molecule has 2 amide bonds. The van der Waals surface area contributed by atoms with Gasteiger partial charge in [-0.3, -0.25) is 9.59 Å². The van der Waals surface area contributed by atoms with Crippen LogP contribution in [0.25, 0.3) is 0 Å². The molecule has 0 spiro atoms. The van der Waals surface area contributed by atoms with Crippen LogP contribution < -0.4 is 0 Å². The van der Waals surface area contributed by atoms with Crippen LogP contribution in [0, 0.1) is 5.92 Å². The fourth-order valence-corrected chi connectivity index (χ4v) is 6.58. The van der Waals surface area contributed by atoms with Crippen LogP contribution in [0.4, 0.5) is 0 Å². The molecule has 0 saturated carbocycles. The number of carbonyl (C=O) groups excluding carboxylic acids is 2. The molecule has 0 unspecified atom stereocenters. The second kappa shape index (κ2) is 10.3. The fourth-order valence-electron chi connectivity index (χ4n) is 5.06. The van der Waals surface area contributed by atoms with Gasteiger partial charge in [-0.05, 0) is 62.6 Å². The summed E-state index contributed by atoms with van der Waals surface area (Å²) >= 11 is 0. The smallest absolute Gasteiger partial charge is 0.243 e. The van der Waals surface area contributed by atoms with E-state index in [0.717, 1.165) is 63.6 Å². The van der Waals surface area contributed by atoms with Gasteiger partial charge >= 0.3 is 0 Å². The van der Waals surface area contributed by atoms with Crippen molar-refractivity contribution in [1.29, 1.82) is 0 Å². The predicted octanol–water partition coefficient (Wildman–Crippen LogP) is 2.65. The number of likely N-dealkylation sites (tertiary alicyclic amines) is 2. The topological polar surface area (TPSA) is 78.0 Å². The molecule has 0 bridgehead atoms. The predicted molar refractivity (Wildman–Crippen MR) is 122 cm³/mol. The van der Waals surface area contributed by atoms with Gasteiger partial charge < -0.3 is 9.80 Å². The lowest BCUT2D eigenvalue weighted by Gasteiger charge is -2.33. The summed E-state index contributed by atoms with van der Waals surface area (Å²) in [6.07, 6.45) is 7.65. The number of hydrogen-bond acceptors (Lipinski definition) is 4. The summed E-state index contributed by atoms with van der Waals surface area (Å²) < 4.78 is 27.1. The van der Waals surface area contributed by atoms with Crippen molar-refractivity contribution in [1.82, 2.24) is 14.1 Å². The molecular weight excluding hydrogens is 426 g/mol. The minimum absolute atomic E-state index is 0.0616. The fraction of sp³-hybridized carbons (Fsp3) is 0.667. The van der Waals surface area contributed by atoms with Gasteiger partial charge in [0, 0.05) is 51.6 Å². The molecule has 0 radical (unpaired) electrons. The molecule has 1 aromatic rings. The zero-order valence-electron chi connectivity index (χ0n) is 18.9. The van der Waals surface area contributed by atoms with Gasteiger partial charge in [0.05, 0.1) is 4.90 Å². The van der Waals surface area contributed by atoms with Gasteiger partial charge in [0.15, 0.2) is 0 Å². The summed E-state index contributed by atoms with van der Waals surface area (Å²) in [6.45, 7) is 4.26. The van der Waals surface area contributed by atoms with E-state index in [1.807, 2.05) is 21.9 Å². The summed E-state index contributed by atoms with van der Waals surface area (Å²) in [4.78, 5) is 29.4. The van der Waals surface area contributed by atoms with Crippen LogP contribution in [-0.2, 0) is 26.0 Å². The minimum atomic E-state index is -3.42. The molecule has 32 heavy (non-hydrogen) atoms. The zero-order valence-corrected chi connectivity index (χ0v) is 19.7. The largest absolute Gasteiger partial charge is 0.343 e. The Kier molecular flexibility index (Phi) is 7.51. The van der Waals surface area contributed by atoms with Crippen LogP contribution in [0.2, 0.25) is 0 Å². The number of sulfonamides is 1. The Labute approximate surface area is 191 Å². The van der Waals surface area contributed by atoms with E-state index < -0.39 is 10.0 Å². The maximum Gasteiger partial charge on any atom is 0.243 e. The van der Waals surface area contributed by atoms with Crippen molar-refractivity contribution in [3.63, 3.8) is 0 Å². The highest BCUT2D eigenvalue weighted by Gasteiger charge is 2.31. The number of amides is 2. The molecule has 7 nitrogen and oxygen atoms in total. The Morgan fingerprint density at radius 2 is 1.38 bits per heavy atom. The van der Waals surface area contributed by atoms with E-state index in [2.05, 4.69) is 0 Å². The first-order valence-corrected chi connectivity index (χ1v) is 13.5. The molecule has 1 aromatic carbocycles. The molecule has 176 valence electrons. The Balaban J connectivity index is 1.24. The summed E-state index contributed by atoms with van der Waals surface area (Å²) in [5, 5.41) is 0. The minimum Gasteiger partial charge on any atom is -0.343 e. The van der Waals surface area contributed by atoms with Crippen LogP contribution in [0.15, 0.2) is 29.2 Å². The number of benzene rings is 1. The third kappa shape index (κ3) is 5.34. The lowest BCUT2D eigenvalue weighted by molar-refractivity contribution is -0.140. The number of aryl methyl sites for hydroxylation is 1. The first kappa shape index (κ1) is 23.2. The monoisotopic (exact) mass is 461 g/mol. The quantitative estimate of drug-likeness (QED) is 0.653. The zero-order chi connectivity index (χ0) is 22.6. The highest BCUT2D eigenvalue weighted by molar-refractivity contribution is 7.89. The second-order valence-electron chi connectivity index (χ2n) is 9.30. The number of rotatable bonds is 6. The number of piperidine rings is 2. The molecule has 4 rings (SSSR count). The van der Waals surface area contributed by atoms with E-state index in [0.29, 0.717) is 43.9 Å². The molecule has 3 aliphatic heterocycles. The van der Waals surface area contributed by atoms with Gasteiger partial charge in [0.2, 0.25) is 21.8 Å². The van der Waals surface area contributed by atoms with Gasteiger partial charge in [-0.1, -0.05) is 18.6 Å². The van der Waals surface area contributed by atoms with Gasteiger partial charge in [0.1, 0.15) is 0 Å². The van der Waals surface area contributed by atoms with E-state index in [4.69, 9.17) is 0 Å². The van der Waals surface area contributed by atoms with E-state index in [1.165, 1.54) is 0 Å².